The lowest BCUT2D eigenvalue weighted by Crippen LogP contribution is -2.21. The molecule has 1 heterocycles. The van der Waals surface area contributed by atoms with Crippen molar-refractivity contribution in [3.63, 3.8) is 0 Å². The summed E-state index contributed by atoms with van der Waals surface area (Å²) in [6, 6.07) is 11.3. The Morgan fingerprint density at radius 3 is 2.24 bits per heavy atom. The molecule has 34 heavy (non-hydrogen) atoms. The molecule has 0 bridgehead atoms. The Bertz CT molecular complexity index is 1240. The minimum Gasteiger partial charge on any atom is -0.478 e. The fourth-order valence-electron chi connectivity index (χ4n) is 4.23. The van der Waals surface area contributed by atoms with Crippen molar-refractivity contribution in [3.05, 3.63) is 81.2 Å². The molecule has 0 saturated carbocycles. The predicted octanol–water partition coefficient (Wildman–Crippen LogP) is 5.59. The summed E-state index contributed by atoms with van der Waals surface area (Å²) in [7, 11) is 0. The number of hydrogen-bond acceptors (Lipinski definition) is 4. The molecule has 1 aromatic heterocycles. The van der Waals surface area contributed by atoms with E-state index < -0.39 is 11.9 Å². The number of nitrogens with zero attached hydrogens (tertiary/aromatic N) is 1. The van der Waals surface area contributed by atoms with Crippen molar-refractivity contribution in [3.8, 4) is 11.1 Å². The van der Waals surface area contributed by atoms with Crippen LogP contribution in [0.4, 0.5) is 5.69 Å². The number of anilines is 1. The van der Waals surface area contributed by atoms with Gasteiger partial charge in [-0.3, -0.25) is 9.78 Å². The molecule has 0 aliphatic rings. The van der Waals surface area contributed by atoms with E-state index in [0.717, 1.165) is 39.9 Å². The third-order valence-corrected chi connectivity index (χ3v) is 6.14. The second-order valence-electron chi connectivity index (χ2n) is 9.23. The molecule has 0 spiro atoms. The zero-order chi connectivity index (χ0) is 25.2. The maximum atomic E-state index is 13.5. The number of aryl methyl sites for hydroxylation is 3. The number of benzene rings is 2. The largest absolute Gasteiger partial charge is 0.478 e. The standard InChI is InChI=1S/C28H33N3O3/c1-15(2)13-23-22(14-29)25(20-10-7-16(3)8-11-20)26(19(6)30-23)31-27(32)24-18(5)17(4)9-12-21(24)28(33)34/h7-12,15H,13-14,29H2,1-6H3,(H,31,32)(H,33,34). The summed E-state index contributed by atoms with van der Waals surface area (Å²) in [5, 5.41) is 12.7. The molecular formula is C28H33N3O3. The van der Waals surface area contributed by atoms with Crippen LogP contribution in [-0.4, -0.2) is 22.0 Å². The number of carboxylic acid groups (broad SMARTS) is 1. The lowest BCUT2D eigenvalue weighted by atomic mass is 9.91. The van der Waals surface area contributed by atoms with E-state index in [1.807, 2.05) is 45.0 Å². The lowest BCUT2D eigenvalue weighted by Gasteiger charge is -2.22. The van der Waals surface area contributed by atoms with Gasteiger partial charge in [-0.2, -0.15) is 0 Å². The molecule has 0 radical (unpaired) electrons. The van der Waals surface area contributed by atoms with Crippen molar-refractivity contribution in [1.82, 2.24) is 4.98 Å². The SMILES string of the molecule is Cc1ccc(-c2c(CN)c(CC(C)C)nc(C)c2NC(=O)c2c(C(=O)O)ccc(C)c2C)cc1. The average molecular weight is 460 g/mol. The summed E-state index contributed by atoms with van der Waals surface area (Å²) in [5.41, 5.74) is 13.7. The normalized spacial score (nSPS) is 11.1. The summed E-state index contributed by atoms with van der Waals surface area (Å²) >= 11 is 0. The quantitative estimate of drug-likeness (QED) is 0.427. The summed E-state index contributed by atoms with van der Waals surface area (Å²) in [4.78, 5) is 30.2. The van der Waals surface area contributed by atoms with Crippen LogP contribution < -0.4 is 11.1 Å². The fraction of sp³-hybridized carbons (Fsp3) is 0.321. The Hall–Kier alpha value is -3.51. The zero-order valence-corrected chi connectivity index (χ0v) is 20.7. The van der Waals surface area contributed by atoms with Gasteiger partial charge in [0.2, 0.25) is 0 Å². The van der Waals surface area contributed by atoms with Crippen molar-refractivity contribution >= 4 is 17.6 Å². The van der Waals surface area contributed by atoms with Crippen LogP contribution in [-0.2, 0) is 13.0 Å². The second-order valence-corrected chi connectivity index (χ2v) is 9.23. The van der Waals surface area contributed by atoms with E-state index in [0.29, 0.717) is 22.9 Å². The van der Waals surface area contributed by atoms with E-state index in [9.17, 15) is 14.7 Å². The number of rotatable bonds is 7. The van der Waals surface area contributed by atoms with Crippen LogP contribution in [0.2, 0.25) is 0 Å². The molecule has 178 valence electrons. The van der Waals surface area contributed by atoms with Gasteiger partial charge in [0.25, 0.3) is 5.91 Å². The van der Waals surface area contributed by atoms with Crippen LogP contribution in [0.5, 0.6) is 0 Å². The van der Waals surface area contributed by atoms with Gasteiger partial charge in [-0.25, -0.2) is 4.79 Å². The maximum Gasteiger partial charge on any atom is 0.336 e. The summed E-state index contributed by atoms with van der Waals surface area (Å²) < 4.78 is 0. The van der Waals surface area contributed by atoms with Crippen LogP contribution >= 0.6 is 0 Å². The van der Waals surface area contributed by atoms with Gasteiger partial charge in [-0.1, -0.05) is 49.7 Å². The minimum absolute atomic E-state index is 0.0291. The molecule has 0 aliphatic carbocycles. The van der Waals surface area contributed by atoms with Crippen molar-refractivity contribution in [1.29, 1.82) is 0 Å². The van der Waals surface area contributed by atoms with Gasteiger partial charge in [0.1, 0.15) is 0 Å². The third-order valence-electron chi connectivity index (χ3n) is 6.14. The van der Waals surface area contributed by atoms with Gasteiger partial charge in [-0.05, 0) is 68.4 Å². The molecule has 1 amide bonds. The third kappa shape index (κ3) is 5.02. The van der Waals surface area contributed by atoms with E-state index >= 15 is 0 Å². The molecule has 0 atom stereocenters. The highest BCUT2D eigenvalue weighted by Gasteiger charge is 2.24. The average Bonchev–Trinajstić information content (AvgIpc) is 2.77. The molecule has 0 aliphatic heterocycles. The molecule has 2 aromatic carbocycles. The molecule has 4 N–H and O–H groups in total. The van der Waals surface area contributed by atoms with Gasteiger partial charge in [0.05, 0.1) is 22.5 Å². The molecule has 0 saturated heterocycles. The van der Waals surface area contributed by atoms with Crippen LogP contribution in [0.3, 0.4) is 0 Å². The van der Waals surface area contributed by atoms with Crippen molar-refractivity contribution in [2.24, 2.45) is 11.7 Å². The molecule has 3 rings (SSSR count). The van der Waals surface area contributed by atoms with E-state index in [-0.39, 0.29) is 17.7 Å². The molecule has 0 fully saturated rings. The van der Waals surface area contributed by atoms with Crippen molar-refractivity contribution in [2.75, 3.05) is 5.32 Å². The number of carbonyl (C=O) groups excluding carboxylic acids is 1. The Morgan fingerprint density at radius 1 is 1.03 bits per heavy atom. The lowest BCUT2D eigenvalue weighted by molar-refractivity contribution is 0.0692. The molecule has 3 aromatic rings. The maximum absolute atomic E-state index is 13.5. The first-order chi connectivity index (χ1) is 16.0. The van der Waals surface area contributed by atoms with Crippen LogP contribution in [0.1, 0.15) is 68.2 Å². The first-order valence-corrected chi connectivity index (χ1v) is 11.5. The Kier molecular flexibility index (Phi) is 7.52. The zero-order valence-electron chi connectivity index (χ0n) is 20.7. The highest BCUT2D eigenvalue weighted by molar-refractivity contribution is 6.13. The highest BCUT2D eigenvalue weighted by Crippen LogP contribution is 2.36. The number of aromatic nitrogens is 1. The van der Waals surface area contributed by atoms with Crippen LogP contribution in [0, 0.1) is 33.6 Å². The van der Waals surface area contributed by atoms with E-state index in [2.05, 4.69) is 19.2 Å². The molecule has 6 nitrogen and oxygen atoms in total. The van der Waals surface area contributed by atoms with E-state index in [4.69, 9.17) is 10.7 Å². The first-order valence-electron chi connectivity index (χ1n) is 11.5. The number of carbonyl (C=O) groups is 2. The summed E-state index contributed by atoms with van der Waals surface area (Å²) in [5.74, 6) is -1.23. The van der Waals surface area contributed by atoms with Gasteiger partial charge in [-0.15, -0.1) is 0 Å². The Balaban J connectivity index is 2.25. The Morgan fingerprint density at radius 2 is 1.68 bits per heavy atom. The number of pyridine rings is 1. The van der Waals surface area contributed by atoms with Gasteiger partial charge in [0, 0.05) is 17.8 Å². The number of hydrogen-bond donors (Lipinski definition) is 3. The van der Waals surface area contributed by atoms with Gasteiger partial charge < -0.3 is 16.2 Å². The number of carboxylic acids is 1. The molecule has 6 heteroatoms. The minimum atomic E-state index is -1.14. The van der Waals surface area contributed by atoms with E-state index in [1.54, 1.807) is 13.0 Å². The summed E-state index contributed by atoms with van der Waals surface area (Å²) in [6.07, 6.45) is 0.764. The monoisotopic (exact) mass is 459 g/mol. The second kappa shape index (κ2) is 10.2. The summed E-state index contributed by atoms with van der Waals surface area (Å²) in [6.45, 7) is 12.0. The van der Waals surface area contributed by atoms with Crippen molar-refractivity contribution < 1.29 is 14.7 Å². The fourth-order valence-corrected chi connectivity index (χ4v) is 4.23. The van der Waals surface area contributed by atoms with E-state index in [1.165, 1.54) is 6.07 Å². The highest BCUT2D eigenvalue weighted by atomic mass is 16.4. The van der Waals surface area contributed by atoms with Crippen molar-refractivity contribution in [2.45, 2.75) is 54.5 Å². The smallest absolute Gasteiger partial charge is 0.336 e. The molecular weight excluding hydrogens is 426 g/mol. The van der Waals surface area contributed by atoms with Crippen LogP contribution in [0.25, 0.3) is 11.1 Å². The molecule has 0 unspecified atom stereocenters. The number of aromatic carboxylic acids is 1. The topological polar surface area (TPSA) is 105 Å². The number of nitrogens with two attached hydrogens (primary N) is 1. The predicted molar refractivity (Wildman–Crippen MR) is 136 cm³/mol. The first kappa shape index (κ1) is 25.1. The Labute approximate surface area is 201 Å². The van der Waals surface area contributed by atoms with Crippen LogP contribution in [0.15, 0.2) is 36.4 Å². The number of amides is 1. The van der Waals surface area contributed by atoms with Gasteiger partial charge >= 0.3 is 5.97 Å². The van der Waals surface area contributed by atoms with Gasteiger partial charge in [0.15, 0.2) is 0 Å². The number of nitrogens with one attached hydrogen (secondary N) is 1.